The van der Waals surface area contributed by atoms with Crippen molar-refractivity contribution in [2.45, 2.75) is 63.2 Å². The minimum absolute atomic E-state index is 0.00250. The SMILES string of the molecule is O=C(NC1c2ccccc2C[C@H]1O)[C@H](Cc1ccccc1)C[C@H](O)CNC(=O)[C@@H]1[C@H]2CC[C@H](C2)[C@H]1C(=O)NCCc1ccccc1. The van der Waals surface area contributed by atoms with Gasteiger partial charge in [0, 0.05) is 25.4 Å². The van der Waals surface area contributed by atoms with Gasteiger partial charge < -0.3 is 26.2 Å². The Morgan fingerprint density at radius 2 is 1.39 bits per heavy atom. The monoisotopic (exact) mass is 623 g/mol. The molecule has 8 heteroatoms. The van der Waals surface area contributed by atoms with Crippen molar-refractivity contribution >= 4 is 17.7 Å². The van der Waals surface area contributed by atoms with E-state index in [2.05, 4.69) is 16.0 Å². The molecular formula is C38H45N3O5. The largest absolute Gasteiger partial charge is 0.391 e. The van der Waals surface area contributed by atoms with Crippen LogP contribution < -0.4 is 16.0 Å². The molecule has 8 nitrogen and oxygen atoms in total. The molecule has 242 valence electrons. The number of aliphatic hydroxyl groups is 2. The molecule has 2 saturated carbocycles. The molecule has 0 aromatic heterocycles. The molecule has 3 aliphatic carbocycles. The zero-order chi connectivity index (χ0) is 32.0. The van der Waals surface area contributed by atoms with Gasteiger partial charge in [-0.05, 0) is 72.6 Å². The molecule has 0 aliphatic heterocycles. The first kappa shape index (κ1) is 32.0. The van der Waals surface area contributed by atoms with Crippen LogP contribution in [0.1, 0.15) is 54.0 Å². The maximum Gasteiger partial charge on any atom is 0.224 e. The van der Waals surface area contributed by atoms with Crippen LogP contribution in [0.5, 0.6) is 0 Å². The number of carbonyl (C=O) groups excluding carboxylic acids is 3. The quantitative estimate of drug-likeness (QED) is 0.199. The third-order valence-corrected chi connectivity index (χ3v) is 10.3. The van der Waals surface area contributed by atoms with Gasteiger partial charge in [-0.3, -0.25) is 14.4 Å². The van der Waals surface area contributed by atoms with Crippen LogP contribution in [0.4, 0.5) is 0 Å². The van der Waals surface area contributed by atoms with Crippen LogP contribution in [0.2, 0.25) is 0 Å². The number of hydrogen-bond acceptors (Lipinski definition) is 5. The number of hydrogen-bond donors (Lipinski definition) is 5. The van der Waals surface area contributed by atoms with Gasteiger partial charge in [-0.25, -0.2) is 0 Å². The minimum Gasteiger partial charge on any atom is -0.391 e. The number of aliphatic hydroxyl groups excluding tert-OH is 2. The van der Waals surface area contributed by atoms with Crippen molar-refractivity contribution in [3.8, 4) is 0 Å². The minimum atomic E-state index is -0.957. The molecule has 46 heavy (non-hydrogen) atoms. The molecule has 6 rings (SSSR count). The van der Waals surface area contributed by atoms with Crippen molar-refractivity contribution in [3.63, 3.8) is 0 Å². The van der Waals surface area contributed by atoms with E-state index >= 15 is 0 Å². The Morgan fingerprint density at radius 1 is 0.783 bits per heavy atom. The molecule has 5 N–H and O–H groups in total. The van der Waals surface area contributed by atoms with Gasteiger partial charge in [-0.2, -0.15) is 0 Å². The average Bonchev–Trinajstić information content (AvgIpc) is 3.78. The lowest BCUT2D eigenvalue weighted by Crippen LogP contribution is -2.47. The summed E-state index contributed by atoms with van der Waals surface area (Å²) in [5.41, 5.74) is 4.06. The predicted octanol–water partition coefficient (Wildman–Crippen LogP) is 3.51. The number of amides is 3. The van der Waals surface area contributed by atoms with Crippen LogP contribution in [0, 0.1) is 29.6 Å². The second-order valence-corrected chi connectivity index (χ2v) is 13.4. The van der Waals surface area contributed by atoms with Gasteiger partial charge in [-0.1, -0.05) is 84.9 Å². The molecule has 3 aromatic rings. The molecule has 1 unspecified atom stereocenters. The molecule has 3 amide bonds. The van der Waals surface area contributed by atoms with Gasteiger partial charge in [0.2, 0.25) is 17.7 Å². The van der Waals surface area contributed by atoms with Crippen molar-refractivity contribution in [2.24, 2.45) is 29.6 Å². The van der Waals surface area contributed by atoms with E-state index in [0.29, 0.717) is 19.4 Å². The van der Waals surface area contributed by atoms with Crippen molar-refractivity contribution in [3.05, 3.63) is 107 Å². The molecule has 0 saturated heterocycles. The Bertz CT molecular complexity index is 1500. The molecular weight excluding hydrogens is 578 g/mol. The topological polar surface area (TPSA) is 128 Å². The summed E-state index contributed by atoms with van der Waals surface area (Å²) in [6.45, 7) is 0.528. The van der Waals surface area contributed by atoms with E-state index in [-0.39, 0.29) is 48.4 Å². The third kappa shape index (κ3) is 7.34. The maximum absolute atomic E-state index is 13.7. The highest BCUT2D eigenvalue weighted by atomic mass is 16.3. The van der Waals surface area contributed by atoms with Gasteiger partial charge in [-0.15, -0.1) is 0 Å². The summed E-state index contributed by atoms with van der Waals surface area (Å²) < 4.78 is 0. The lowest BCUT2D eigenvalue weighted by Gasteiger charge is -2.30. The zero-order valence-corrected chi connectivity index (χ0v) is 26.2. The normalized spacial score (nSPS) is 25.8. The molecule has 3 aromatic carbocycles. The van der Waals surface area contributed by atoms with Crippen molar-refractivity contribution in [1.82, 2.24) is 16.0 Å². The van der Waals surface area contributed by atoms with Crippen LogP contribution in [-0.4, -0.2) is 53.2 Å². The number of benzene rings is 3. The van der Waals surface area contributed by atoms with E-state index in [4.69, 9.17) is 0 Å². The van der Waals surface area contributed by atoms with Gasteiger partial charge in [0.05, 0.1) is 30.1 Å². The Balaban J connectivity index is 1.06. The Kier molecular flexibility index (Phi) is 10.1. The summed E-state index contributed by atoms with van der Waals surface area (Å²) >= 11 is 0. The Morgan fingerprint density at radius 3 is 2.09 bits per heavy atom. The number of nitrogens with one attached hydrogen (secondary N) is 3. The summed E-state index contributed by atoms with van der Waals surface area (Å²) in [6, 6.07) is 26.9. The summed E-state index contributed by atoms with van der Waals surface area (Å²) in [5.74, 6) is -1.45. The summed E-state index contributed by atoms with van der Waals surface area (Å²) in [4.78, 5) is 40.5. The lowest BCUT2D eigenvalue weighted by atomic mass is 9.78. The Labute approximate surface area is 271 Å². The molecule has 3 aliphatic rings. The first-order chi connectivity index (χ1) is 22.4. The summed E-state index contributed by atoms with van der Waals surface area (Å²) in [7, 11) is 0. The van der Waals surface area contributed by atoms with Crippen molar-refractivity contribution in [1.29, 1.82) is 0 Å². The maximum atomic E-state index is 13.7. The van der Waals surface area contributed by atoms with E-state index in [1.54, 1.807) is 0 Å². The van der Waals surface area contributed by atoms with Crippen LogP contribution in [0.15, 0.2) is 84.9 Å². The molecule has 8 atom stereocenters. The van der Waals surface area contributed by atoms with E-state index < -0.39 is 30.1 Å². The highest BCUT2D eigenvalue weighted by molar-refractivity contribution is 5.89. The fourth-order valence-electron chi connectivity index (χ4n) is 8.09. The number of carbonyl (C=O) groups is 3. The van der Waals surface area contributed by atoms with Crippen LogP contribution in [-0.2, 0) is 33.6 Å². The molecule has 0 radical (unpaired) electrons. The van der Waals surface area contributed by atoms with E-state index in [0.717, 1.165) is 47.9 Å². The third-order valence-electron chi connectivity index (χ3n) is 10.3. The molecule has 0 spiro atoms. The second kappa shape index (κ2) is 14.6. The van der Waals surface area contributed by atoms with Crippen LogP contribution in [0.3, 0.4) is 0 Å². The first-order valence-corrected chi connectivity index (χ1v) is 16.7. The van der Waals surface area contributed by atoms with E-state index in [9.17, 15) is 24.6 Å². The van der Waals surface area contributed by atoms with Crippen molar-refractivity contribution < 1.29 is 24.6 Å². The standard InChI is InChI=1S/C38H45N3O5/c42-30(21-29(19-25-11-5-2-6-12-25)36(44)41-35-31-14-8-7-13-26(31)22-32(35)43)23-40-38(46)34-28-16-15-27(20-28)33(34)37(45)39-18-17-24-9-3-1-4-10-24/h1-14,27-30,32-35,42-43H,15-23H2,(H,39,45)(H,40,46)(H,41,44)/t27-,28+,29-,30+,32-,33-,34-,35?/m1/s1. The van der Waals surface area contributed by atoms with Crippen LogP contribution in [0.25, 0.3) is 0 Å². The van der Waals surface area contributed by atoms with Gasteiger partial charge in [0.1, 0.15) is 0 Å². The van der Waals surface area contributed by atoms with Gasteiger partial charge >= 0.3 is 0 Å². The molecule has 2 bridgehead atoms. The lowest BCUT2D eigenvalue weighted by molar-refractivity contribution is -0.137. The summed E-state index contributed by atoms with van der Waals surface area (Å²) in [6.07, 6.45) is 2.89. The molecule has 0 heterocycles. The van der Waals surface area contributed by atoms with Crippen molar-refractivity contribution in [2.75, 3.05) is 13.1 Å². The second-order valence-electron chi connectivity index (χ2n) is 13.4. The fraction of sp³-hybridized carbons (Fsp3) is 0.447. The Hall–Kier alpha value is -4.01. The van der Waals surface area contributed by atoms with E-state index in [1.807, 2.05) is 84.9 Å². The van der Waals surface area contributed by atoms with Gasteiger partial charge in [0.15, 0.2) is 0 Å². The average molecular weight is 624 g/mol. The number of rotatable bonds is 13. The number of fused-ring (bicyclic) bond motifs is 3. The first-order valence-electron chi connectivity index (χ1n) is 16.7. The smallest absolute Gasteiger partial charge is 0.224 e. The fourth-order valence-corrected chi connectivity index (χ4v) is 8.09. The predicted molar refractivity (Wildman–Crippen MR) is 175 cm³/mol. The highest BCUT2D eigenvalue weighted by Gasteiger charge is 2.53. The molecule has 2 fully saturated rings. The highest BCUT2D eigenvalue weighted by Crippen LogP contribution is 2.52. The zero-order valence-electron chi connectivity index (χ0n) is 26.2. The van der Waals surface area contributed by atoms with Gasteiger partial charge in [0.25, 0.3) is 0 Å². The van der Waals surface area contributed by atoms with Crippen LogP contribution >= 0.6 is 0 Å². The summed E-state index contributed by atoms with van der Waals surface area (Å²) in [5, 5.41) is 30.9. The van der Waals surface area contributed by atoms with E-state index in [1.165, 1.54) is 0 Å².